The Bertz CT molecular complexity index is 1270. The second-order valence-electron chi connectivity index (χ2n) is 15.6. The SMILES string of the molecule is CC[C@]1(O)CC[C@@]2(C)C(=CC[C@H]3[C@@H]4CC[C@H]([C@H](C)C(CC5(O)CCCOC5)S(=O)(=O)c5ccccc5)[C@@]4(C)CC[C@@H]32)C1. The lowest BCUT2D eigenvalue weighted by Gasteiger charge is -2.59. The first-order valence-electron chi connectivity index (χ1n) is 16.9. The molecule has 6 rings (SSSR count). The third-order valence-corrected chi connectivity index (χ3v) is 15.9. The number of allylic oxidation sites excluding steroid dienone is 1. The summed E-state index contributed by atoms with van der Waals surface area (Å²) in [5, 5.41) is 22.1. The molecule has 1 saturated heterocycles. The lowest BCUT2D eigenvalue weighted by atomic mass is 9.46. The number of aliphatic hydroxyl groups is 2. The topological polar surface area (TPSA) is 83.8 Å². The van der Waals surface area contributed by atoms with Crippen LogP contribution in [0.5, 0.6) is 0 Å². The highest BCUT2D eigenvalue weighted by Crippen LogP contribution is 2.68. The van der Waals surface area contributed by atoms with Crippen molar-refractivity contribution in [2.75, 3.05) is 13.2 Å². The molecule has 0 bridgehead atoms. The van der Waals surface area contributed by atoms with Gasteiger partial charge in [-0.05, 0) is 130 Å². The van der Waals surface area contributed by atoms with Crippen LogP contribution in [-0.2, 0) is 14.6 Å². The number of rotatable bonds is 7. The quantitative estimate of drug-likeness (QED) is 0.327. The van der Waals surface area contributed by atoms with Gasteiger partial charge in [-0.1, -0.05) is 57.5 Å². The molecule has 42 heavy (non-hydrogen) atoms. The molecule has 0 spiro atoms. The predicted molar refractivity (Wildman–Crippen MR) is 167 cm³/mol. The fraction of sp³-hybridized carbons (Fsp3) is 0.778. The highest BCUT2D eigenvalue weighted by molar-refractivity contribution is 7.92. The summed E-state index contributed by atoms with van der Waals surface area (Å²) in [5.41, 5.74) is 0.136. The molecule has 1 aromatic rings. The van der Waals surface area contributed by atoms with Gasteiger partial charge in [0, 0.05) is 6.61 Å². The summed E-state index contributed by atoms with van der Waals surface area (Å²) in [6.45, 7) is 10.1. The van der Waals surface area contributed by atoms with E-state index in [1.54, 1.807) is 24.3 Å². The summed E-state index contributed by atoms with van der Waals surface area (Å²) >= 11 is 0. The zero-order valence-corrected chi connectivity index (χ0v) is 27.2. The molecule has 1 aliphatic heterocycles. The van der Waals surface area contributed by atoms with Crippen molar-refractivity contribution in [3.63, 3.8) is 0 Å². The Morgan fingerprint density at radius 3 is 2.43 bits per heavy atom. The summed E-state index contributed by atoms with van der Waals surface area (Å²) in [4.78, 5) is 0.368. The van der Waals surface area contributed by atoms with Crippen molar-refractivity contribution in [1.82, 2.24) is 0 Å². The molecule has 6 heteroatoms. The zero-order chi connectivity index (χ0) is 30.0. The van der Waals surface area contributed by atoms with Gasteiger partial charge in [-0.25, -0.2) is 8.42 Å². The maximum absolute atomic E-state index is 14.3. The van der Waals surface area contributed by atoms with Crippen molar-refractivity contribution in [2.24, 2.45) is 40.4 Å². The molecule has 2 unspecified atom stereocenters. The smallest absolute Gasteiger partial charge is 0.181 e. The molecule has 3 saturated carbocycles. The van der Waals surface area contributed by atoms with Gasteiger partial charge in [-0.3, -0.25) is 0 Å². The third-order valence-electron chi connectivity index (χ3n) is 13.6. The second-order valence-corrected chi connectivity index (χ2v) is 17.7. The normalized spacial score (nSPS) is 43.4. The van der Waals surface area contributed by atoms with Crippen LogP contribution >= 0.6 is 0 Å². The van der Waals surface area contributed by atoms with E-state index in [1.165, 1.54) is 12.0 Å². The van der Waals surface area contributed by atoms with Gasteiger partial charge < -0.3 is 14.9 Å². The molecule has 5 aliphatic rings. The van der Waals surface area contributed by atoms with Crippen LogP contribution in [0.2, 0.25) is 0 Å². The van der Waals surface area contributed by atoms with E-state index in [-0.39, 0.29) is 29.8 Å². The van der Waals surface area contributed by atoms with Crippen molar-refractivity contribution in [3.05, 3.63) is 42.0 Å². The summed E-state index contributed by atoms with van der Waals surface area (Å²) in [5.74, 6) is 2.10. The first-order valence-corrected chi connectivity index (χ1v) is 18.4. The largest absolute Gasteiger partial charge is 0.390 e. The Morgan fingerprint density at radius 1 is 0.976 bits per heavy atom. The van der Waals surface area contributed by atoms with Gasteiger partial charge >= 0.3 is 0 Å². The first-order chi connectivity index (χ1) is 19.9. The van der Waals surface area contributed by atoms with Crippen LogP contribution in [0.15, 0.2) is 46.9 Å². The summed E-state index contributed by atoms with van der Waals surface area (Å²) < 4.78 is 34.4. The van der Waals surface area contributed by atoms with Crippen LogP contribution < -0.4 is 0 Å². The van der Waals surface area contributed by atoms with Crippen molar-refractivity contribution >= 4 is 9.84 Å². The monoisotopic (exact) mass is 598 g/mol. The minimum absolute atomic E-state index is 0.0628. The Morgan fingerprint density at radius 2 is 1.74 bits per heavy atom. The molecule has 0 radical (unpaired) electrons. The highest BCUT2D eigenvalue weighted by Gasteiger charge is 2.61. The van der Waals surface area contributed by atoms with Gasteiger partial charge in [0.2, 0.25) is 0 Å². The molecule has 1 aromatic carbocycles. The molecular formula is C36H54O5S. The molecule has 1 heterocycles. The maximum Gasteiger partial charge on any atom is 0.181 e. The fourth-order valence-electron chi connectivity index (χ4n) is 10.9. The third kappa shape index (κ3) is 5.04. The minimum atomic E-state index is -3.65. The molecule has 0 aromatic heterocycles. The van der Waals surface area contributed by atoms with E-state index in [1.807, 2.05) is 6.07 Å². The fourth-order valence-corrected chi connectivity index (χ4v) is 13.1. The molecule has 2 N–H and O–H groups in total. The molecule has 234 valence electrons. The number of benzene rings is 1. The number of sulfone groups is 1. The lowest BCUT2D eigenvalue weighted by Crippen LogP contribution is -2.53. The van der Waals surface area contributed by atoms with Crippen molar-refractivity contribution in [1.29, 1.82) is 0 Å². The van der Waals surface area contributed by atoms with Crippen molar-refractivity contribution < 1.29 is 23.4 Å². The van der Waals surface area contributed by atoms with Gasteiger partial charge in [-0.2, -0.15) is 0 Å². The number of hydrogen-bond acceptors (Lipinski definition) is 5. The van der Waals surface area contributed by atoms with E-state index in [4.69, 9.17) is 4.74 Å². The molecule has 10 atom stereocenters. The summed E-state index contributed by atoms with van der Waals surface area (Å²) in [7, 11) is -3.65. The lowest BCUT2D eigenvalue weighted by molar-refractivity contribution is -0.0956. The summed E-state index contributed by atoms with van der Waals surface area (Å²) in [6, 6.07) is 8.91. The first kappa shape index (κ1) is 30.8. The Kier molecular flexibility index (Phi) is 8.06. The molecule has 0 amide bonds. The highest BCUT2D eigenvalue weighted by atomic mass is 32.2. The molecular weight excluding hydrogens is 544 g/mol. The van der Waals surface area contributed by atoms with Gasteiger partial charge in [0.15, 0.2) is 9.84 Å². The van der Waals surface area contributed by atoms with Gasteiger partial charge in [-0.15, -0.1) is 0 Å². The Balaban J connectivity index is 1.29. The van der Waals surface area contributed by atoms with Crippen LogP contribution in [0, 0.1) is 40.4 Å². The Hall–Kier alpha value is -1.21. The molecule has 4 aliphatic carbocycles. The zero-order valence-electron chi connectivity index (χ0n) is 26.4. The van der Waals surface area contributed by atoms with Crippen LogP contribution in [0.4, 0.5) is 0 Å². The number of ether oxygens (including phenoxy) is 1. The van der Waals surface area contributed by atoms with Gasteiger partial charge in [0.1, 0.15) is 0 Å². The van der Waals surface area contributed by atoms with E-state index in [0.717, 1.165) is 57.8 Å². The van der Waals surface area contributed by atoms with Gasteiger partial charge in [0.05, 0.1) is 28.0 Å². The average molecular weight is 599 g/mol. The van der Waals surface area contributed by atoms with Gasteiger partial charge in [0.25, 0.3) is 0 Å². The van der Waals surface area contributed by atoms with E-state index >= 15 is 0 Å². The summed E-state index contributed by atoms with van der Waals surface area (Å²) in [6.07, 6.45) is 13.4. The van der Waals surface area contributed by atoms with E-state index in [2.05, 4.69) is 33.8 Å². The van der Waals surface area contributed by atoms with Crippen molar-refractivity contribution in [3.8, 4) is 0 Å². The number of hydrogen-bond donors (Lipinski definition) is 2. The second kappa shape index (κ2) is 11.0. The van der Waals surface area contributed by atoms with Crippen LogP contribution in [0.3, 0.4) is 0 Å². The van der Waals surface area contributed by atoms with E-state index in [0.29, 0.717) is 41.6 Å². The molecule has 4 fully saturated rings. The minimum Gasteiger partial charge on any atom is -0.390 e. The van der Waals surface area contributed by atoms with E-state index < -0.39 is 26.3 Å². The average Bonchev–Trinajstić information content (AvgIpc) is 3.34. The van der Waals surface area contributed by atoms with Crippen LogP contribution in [0.1, 0.15) is 105 Å². The predicted octanol–water partition coefficient (Wildman–Crippen LogP) is 7.12. The standard InChI is InChI=1S/C36H54O5S/c1-5-35(37)20-19-33(3)26(22-35)12-13-28-30-15-14-29(34(30,4)18-16-31(28)33)25(2)32(23-36(38)17-9-21-41-24-36)42(39,40)27-10-7-6-8-11-27/h6-8,10-12,25,28-32,37-38H,5,9,13-24H2,1-4H3/t25-,28-,29+,30-,31-,32?,33-,34+,35-,36?/m0/s1. The maximum atomic E-state index is 14.3. The van der Waals surface area contributed by atoms with Crippen LogP contribution in [-0.4, -0.2) is 48.3 Å². The Labute approximate surface area is 254 Å². The van der Waals surface area contributed by atoms with E-state index in [9.17, 15) is 18.6 Å². The van der Waals surface area contributed by atoms with Crippen molar-refractivity contribution in [2.45, 2.75) is 126 Å². The van der Waals surface area contributed by atoms with Crippen LogP contribution in [0.25, 0.3) is 0 Å². The molecule has 5 nitrogen and oxygen atoms in total. The number of fused-ring (bicyclic) bond motifs is 5.